The summed E-state index contributed by atoms with van der Waals surface area (Å²) in [4.78, 5) is 12.9. The normalized spacial score (nSPS) is 10.2. The van der Waals surface area contributed by atoms with Crippen LogP contribution in [0.2, 0.25) is 10.0 Å². The van der Waals surface area contributed by atoms with E-state index in [4.69, 9.17) is 23.2 Å². The first-order valence-corrected chi connectivity index (χ1v) is 8.06. The molecule has 0 aliphatic heterocycles. The van der Waals surface area contributed by atoms with Gasteiger partial charge in [-0.25, -0.2) is 5.01 Å². The van der Waals surface area contributed by atoms with E-state index in [0.29, 0.717) is 27.0 Å². The van der Waals surface area contributed by atoms with Gasteiger partial charge in [0.1, 0.15) is 0 Å². The zero-order valence-electron chi connectivity index (χ0n) is 12.6. The Morgan fingerprint density at radius 3 is 2.12 bits per heavy atom. The largest absolute Gasteiger partial charge is 0.291 e. The Morgan fingerprint density at radius 2 is 1.46 bits per heavy atom. The second-order valence-electron chi connectivity index (χ2n) is 5.11. The van der Waals surface area contributed by atoms with Crippen molar-refractivity contribution >= 4 is 40.5 Å². The number of rotatable bonds is 4. The third-order valence-corrected chi connectivity index (χ3v) is 3.83. The minimum Gasteiger partial charge on any atom is -0.291 e. The number of halogens is 2. The van der Waals surface area contributed by atoms with Crippen molar-refractivity contribution < 1.29 is 4.79 Å². The zero-order valence-corrected chi connectivity index (χ0v) is 14.1. The molecule has 5 heteroatoms. The summed E-state index contributed by atoms with van der Waals surface area (Å²) in [6.45, 7) is 0. The third kappa shape index (κ3) is 3.88. The number of hydrazine groups is 1. The highest BCUT2D eigenvalue weighted by atomic mass is 35.5. The summed E-state index contributed by atoms with van der Waals surface area (Å²) >= 11 is 12.1. The van der Waals surface area contributed by atoms with Crippen LogP contribution in [0.1, 0.15) is 10.4 Å². The molecule has 0 aliphatic carbocycles. The summed E-state index contributed by atoms with van der Waals surface area (Å²) in [5, 5.41) is 2.58. The van der Waals surface area contributed by atoms with Crippen LogP contribution in [0.15, 0.2) is 78.9 Å². The van der Waals surface area contributed by atoms with Crippen molar-refractivity contribution in [3.63, 3.8) is 0 Å². The molecule has 0 radical (unpaired) electrons. The first kappa shape index (κ1) is 16.4. The highest BCUT2D eigenvalue weighted by molar-refractivity contribution is 6.31. The Balaban J connectivity index is 1.99. The Bertz CT molecular complexity index is 853. The molecular formula is C19H14Cl2N2O. The maximum Gasteiger partial charge on any atom is 0.276 e. The van der Waals surface area contributed by atoms with Crippen LogP contribution in [0, 0.1) is 0 Å². The fraction of sp³-hybridized carbons (Fsp3) is 0. The standard InChI is InChI=1S/C19H14Cl2N2O/c20-15-8-4-10-17(12-15)22-23(18-11-5-9-16(21)13-18)19(24)14-6-2-1-3-7-14/h1-13,22H. The summed E-state index contributed by atoms with van der Waals surface area (Å²) in [6, 6.07) is 23.3. The van der Waals surface area contributed by atoms with E-state index in [-0.39, 0.29) is 5.91 Å². The molecule has 0 atom stereocenters. The lowest BCUT2D eigenvalue weighted by atomic mass is 10.2. The molecule has 0 heterocycles. The summed E-state index contributed by atoms with van der Waals surface area (Å²) in [6.07, 6.45) is 0. The van der Waals surface area contributed by atoms with Gasteiger partial charge in [-0.1, -0.05) is 53.5 Å². The van der Waals surface area contributed by atoms with E-state index >= 15 is 0 Å². The first-order chi connectivity index (χ1) is 11.6. The monoisotopic (exact) mass is 356 g/mol. The Morgan fingerprint density at radius 1 is 0.792 bits per heavy atom. The van der Waals surface area contributed by atoms with Crippen LogP contribution in [0.5, 0.6) is 0 Å². The third-order valence-electron chi connectivity index (χ3n) is 3.36. The summed E-state index contributed by atoms with van der Waals surface area (Å²) in [5.41, 5.74) is 5.00. The lowest BCUT2D eigenvalue weighted by molar-refractivity contribution is 0.0993. The van der Waals surface area contributed by atoms with Gasteiger partial charge < -0.3 is 0 Å². The van der Waals surface area contributed by atoms with Gasteiger partial charge in [-0.3, -0.25) is 10.2 Å². The first-order valence-electron chi connectivity index (χ1n) is 7.31. The van der Waals surface area contributed by atoms with Crippen LogP contribution in [-0.2, 0) is 0 Å². The van der Waals surface area contributed by atoms with Crippen molar-refractivity contribution in [3.05, 3.63) is 94.5 Å². The molecule has 3 aromatic rings. The zero-order chi connectivity index (χ0) is 16.9. The second kappa shape index (κ2) is 7.39. The molecule has 0 spiro atoms. The van der Waals surface area contributed by atoms with E-state index in [0.717, 1.165) is 0 Å². The van der Waals surface area contributed by atoms with Crippen molar-refractivity contribution in [3.8, 4) is 0 Å². The van der Waals surface area contributed by atoms with Crippen LogP contribution in [0.4, 0.5) is 11.4 Å². The molecule has 3 aromatic carbocycles. The van der Waals surface area contributed by atoms with Crippen LogP contribution >= 0.6 is 23.2 Å². The van der Waals surface area contributed by atoms with Crippen LogP contribution < -0.4 is 10.4 Å². The Labute approximate surface area is 150 Å². The minimum atomic E-state index is -0.196. The number of hydrogen-bond donors (Lipinski definition) is 1. The fourth-order valence-electron chi connectivity index (χ4n) is 2.24. The van der Waals surface area contributed by atoms with Crippen molar-refractivity contribution in [2.24, 2.45) is 0 Å². The molecule has 0 bridgehead atoms. The van der Waals surface area contributed by atoms with E-state index in [1.54, 1.807) is 42.5 Å². The number of carbonyl (C=O) groups excluding carboxylic acids is 1. The molecule has 0 fully saturated rings. The van der Waals surface area contributed by atoms with Gasteiger partial charge in [0, 0.05) is 15.6 Å². The number of nitrogens with zero attached hydrogens (tertiary/aromatic N) is 1. The van der Waals surface area contributed by atoms with E-state index in [1.807, 2.05) is 36.4 Å². The lowest BCUT2D eigenvalue weighted by Crippen LogP contribution is -2.36. The van der Waals surface area contributed by atoms with E-state index < -0.39 is 0 Å². The molecule has 0 saturated carbocycles. The number of amides is 1. The predicted molar refractivity (Wildman–Crippen MR) is 99.8 cm³/mol. The molecule has 3 nitrogen and oxygen atoms in total. The van der Waals surface area contributed by atoms with E-state index in [9.17, 15) is 4.79 Å². The van der Waals surface area contributed by atoms with Crippen LogP contribution in [0.3, 0.4) is 0 Å². The predicted octanol–water partition coefficient (Wildman–Crippen LogP) is 5.67. The Kier molecular flexibility index (Phi) is 5.04. The molecule has 3 rings (SSSR count). The molecule has 0 saturated heterocycles. The molecule has 1 amide bonds. The van der Waals surface area contributed by atoms with Crippen molar-refractivity contribution in [1.82, 2.24) is 0 Å². The molecule has 120 valence electrons. The molecule has 1 N–H and O–H groups in total. The topological polar surface area (TPSA) is 32.3 Å². The minimum absolute atomic E-state index is 0.196. The molecular weight excluding hydrogens is 343 g/mol. The quantitative estimate of drug-likeness (QED) is 0.611. The van der Waals surface area contributed by atoms with Gasteiger partial charge in [0.2, 0.25) is 0 Å². The molecule has 0 aliphatic rings. The number of anilines is 2. The maximum atomic E-state index is 12.9. The van der Waals surface area contributed by atoms with Crippen LogP contribution in [-0.4, -0.2) is 5.91 Å². The van der Waals surface area contributed by atoms with Gasteiger partial charge in [0.25, 0.3) is 5.91 Å². The molecule has 24 heavy (non-hydrogen) atoms. The van der Waals surface area contributed by atoms with Crippen LogP contribution in [0.25, 0.3) is 0 Å². The average molecular weight is 357 g/mol. The lowest BCUT2D eigenvalue weighted by Gasteiger charge is -2.25. The van der Waals surface area contributed by atoms with E-state index in [2.05, 4.69) is 5.43 Å². The SMILES string of the molecule is O=C(c1ccccc1)N(Nc1cccc(Cl)c1)c1cccc(Cl)c1. The number of benzene rings is 3. The van der Waals surface area contributed by atoms with Gasteiger partial charge in [-0.2, -0.15) is 0 Å². The highest BCUT2D eigenvalue weighted by Crippen LogP contribution is 2.24. The average Bonchev–Trinajstić information content (AvgIpc) is 2.60. The number of hydrogen-bond acceptors (Lipinski definition) is 2. The second-order valence-corrected chi connectivity index (χ2v) is 5.98. The van der Waals surface area contributed by atoms with Gasteiger partial charge in [-0.15, -0.1) is 0 Å². The summed E-state index contributed by atoms with van der Waals surface area (Å²) in [7, 11) is 0. The van der Waals surface area contributed by atoms with Gasteiger partial charge >= 0.3 is 0 Å². The van der Waals surface area contributed by atoms with Gasteiger partial charge in [-0.05, 0) is 48.5 Å². The number of carbonyl (C=O) groups is 1. The summed E-state index contributed by atoms with van der Waals surface area (Å²) < 4.78 is 0. The number of nitrogens with one attached hydrogen (secondary N) is 1. The van der Waals surface area contributed by atoms with E-state index in [1.165, 1.54) is 5.01 Å². The molecule has 0 aromatic heterocycles. The molecule has 0 unspecified atom stereocenters. The summed E-state index contributed by atoms with van der Waals surface area (Å²) in [5.74, 6) is -0.196. The fourth-order valence-corrected chi connectivity index (χ4v) is 2.62. The van der Waals surface area contributed by atoms with Crippen molar-refractivity contribution in [2.75, 3.05) is 10.4 Å². The van der Waals surface area contributed by atoms with Gasteiger partial charge in [0.15, 0.2) is 0 Å². The highest BCUT2D eigenvalue weighted by Gasteiger charge is 2.18. The van der Waals surface area contributed by atoms with Gasteiger partial charge in [0.05, 0.1) is 11.4 Å². The smallest absolute Gasteiger partial charge is 0.276 e. The Hall–Kier alpha value is -2.49. The van der Waals surface area contributed by atoms with Crippen molar-refractivity contribution in [2.45, 2.75) is 0 Å². The van der Waals surface area contributed by atoms with Crippen molar-refractivity contribution in [1.29, 1.82) is 0 Å². The maximum absolute atomic E-state index is 12.9.